The molecule has 0 spiro atoms. The number of halogens is 2. The molecule has 1 aromatic heterocycles. The molecule has 25 heavy (non-hydrogen) atoms. The summed E-state index contributed by atoms with van der Waals surface area (Å²) in [7, 11) is 0. The van der Waals surface area contributed by atoms with E-state index in [4.69, 9.17) is 27.9 Å². The van der Waals surface area contributed by atoms with E-state index in [0.29, 0.717) is 27.1 Å². The molecule has 1 amide bonds. The zero-order chi connectivity index (χ0) is 18.1. The number of benzene rings is 1. The van der Waals surface area contributed by atoms with Crippen molar-refractivity contribution in [2.75, 3.05) is 11.9 Å². The lowest BCUT2D eigenvalue weighted by Crippen LogP contribution is -2.26. The van der Waals surface area contributed by atoms with E-state index in [9.17, 15) is 9.59 Å². The largest absolute Gasteiger partial charge is 0.465 e. The average molecular weight is 382 g/mol. The molecular formula is C17H17Cl2N3O3. The van der Waals surface area contributed by atoms with Gasteiger partial charge < -0.3 is 10.1 Å². The van der Waals surface area contributed by atoms with Crippen molar-refractivity contribution in [3.8, 4) is 0 Å². The third kappa shape index (κ3) is 3.37. The Balaban J connectivity index is 2.08. The van der Waals surface area contributed by atoms with Crippen LogP contribution in [-0.2, 0) is 20.9 Å². The zero-order valence-corrected chi connectivity index (χ0v) is 15.3. The summed E-state index contributed by atoms with van der Waals surface area (Å²) in [5, 5.41) is 8.19. The van der Waals surface area contributed by atoms with E-state index in [0.717, 1.165) is 5.56 Å². The number of aromatic nitrogens is 2. The Labute approximate surface area is 155 Å². The summed E-state index contributed by atoms with van der Waals surface area (Å²) in [6.45, 7) is 3.77. The number of nitrogens with one attached hydrogen (secondary N) is 1. The van der Waals surface area contributed by atoms with Crippen LogP contribution in [0.4, 0.5) is 5.82 Å². The van der Waals surface area contributed by atoms with Crippen LogP contribution in [0.2, 0.25) is 10.0 Å². The molecule has 0 unspecified atom stereocenters. The van der Waals surface area contributed by atoms with Crippen LogP contribution in [0.15, 0.2) is 18.2 Å². The lowest BCUT2D eigenvalue weighted by Gasteiger charge is -2.25. The summed E-state index contributed by atoms with van der Waals surface area (Å²) < 4.78 is 6.42. The minimum atomic E-state index is -0.417. The van der Waals surface area contributed by atoms with E-state index in [1.165, 1.54) is 4.68 Å². The summed E-state index contributed by atoms with van der Waals surface area (Å²) >= 11 is 12.7. The maximum Gasteiger partial charge on any atom is 0.327 e. The first-order valence-electron chi connectivity index (χ1n) is 7.89. The highest BCUT2D eigenvalue weighted by atomic mass is 35.5. The van der Waals surface area contributed by atoms with E-state index >= 15 is 0 Å². The molecule has 1 aliphatic heterocycles. The SMILES string of the molecule is CCOC(=O)Cn1nc(C)c2c1NC(=O)C[C@H]2c1c(Cl)cccc1Cl. The molecule has 3 rings (SSSR count). The van der Waals surface area contributed by atoms with Gasteiger partial charge in [-0.1, -0.05) is 29.3 Å². The van der Waals surface area contributed by atoms with Gasteiger partial charge in [0.05, 0.1) is 12.3 Å². The first kappa shape index (κ1) is 17.8. The number of rotatable bonds is 4. The molecule has 1 aromatic carbocycles. The summed E-state index contributed by atoms with van der Waals surface area (Å²) in [5.41, 5.74) is 2.22. The van der Waals surface area contributed by atoms with Crippen LogP contribution in [0.1, 0.15) is 36.1 Å². The van der Waals surface area contributed by atoms with Gasteiger partial charge >= 0.3 is 5.97 Å². The summed E-state index contributed by atoms with van der Waals surface area (Å²) in [6.07, 6.45) is 0.211. The number of carbonyl (C=O) groups is 2. The van der Waals surface area contributed by atoms with Gasteiger partial charge in [0.1, 0.15) is 12.4 Å². The topological polar surface area (TPSA) is 73.2 Å². The molecule has 1 N–H and O–H groups in total. The van der Waals surface area contributed by atoms with Gasteiger partial charge in [-0.3, -0.25) is 9.59 Å². The Morgan fingerprint density at radius 2 is 2.04 bits per heavy atom. The fourth-order valence-corrected chi connectivity index (χ4v) is 3.81. The lowest BCUT2D eigenvalue weighted by molar-refractivity contribution is -0.144. The number of fused-ring (bicyclic) bond motifs is 1. The third-order valence-corrected chi connectivity index (χ3v) is 4.76. The number of amides is 1. The number of ether oxygens (including phenoxy) is 1. The van der Waals surface area contributed by atoms with Crippen molar-refractivity contribution in [1.82, 2.24) is 9.78 Å². The molecule has 0 saturated carbocycles. The molecule has 0 bridgehead atoms. The molecule has 1 aliphatic rings. The van der Waals surface area contributed by atoms with E-state index in [-0.39, 0.29) is 31.4 Å². The highest BCUT2D eigenvalue weighted by Gasteiger charge is 2.34. The molecule has 2 heterocycles. The molecule has 132 valence electrons. The summed E-state index contributed by atoms with van der Waals surface area (Å²) in [4.78, 5) is 24.1. The van der Waals surface area contributed by atoms with Gasteiger partial charge in [0.2, 0.25) is 5.91 Å². The molecule has 2 aromatic rings. The second-order valence-corrected chi connectivity index (χ2v) is 6.56. The molecule has 0 radical (unpaired) electrons. The smallest absolute Gasteiger partial charge is 0.327 e. The van der Waals surface area contributed by atoms with Crippen molar-refractivity contribution in [3.63, 3.8) is 0 Å². The molecule has 1 atom stereocenters. The minimum Gasteiger partial charge on any atom is -0.465 e. The van der Waals surface area contributed by atoms with Crippen LogP contribution in [0.25, 0.3) is 0 Å². The Bertz CT molecular complexity index is 828. The predicted octanol–water partition coefficient (Wildman–Crippen LogP) is 3.54. The summed E-state index contributed by atoms with van der Waals surface area (Å²) in [5.74, 6) is -0.429. The zero-order valence-electron chi connectivity index (χ0n) is 13.8. The Morgan fingerprint density at radius 3 is 2.68 bits per heavy atom. The Hall–Kier alpha value is -2.05. The van der Waals surface area contributed by atoms with Crippen LogP contribution in [0, 0.1) is 6.92 Å². The number of aryl methyl sites for hydroxylation is 1. The van der Waals surface area contributed by atoms with Crippen molar-refractivity contribution in [1.29, 1.82) is 0 Å². The number of esters is 1. The van der Waals surface area contributed by atoms with Gasteiger partial charge in [0, 0.05) is 27.9 Å². The average Bonchev–Trinajstić information content (AvgIpc) is 2.83. The van der Waals surface area contributed by atoms with Gasteiger partial charge in [-0.25, -0.2) is 4.68 Å². The molecular weight excluding hydrogens is 365 g/mol. The number of hydrogen-bond donors (Lipinski definition) is 1. The van der Waals surface area contributed by atoms with Crippen molar-refractivity contribution >= 4 is 40.9 Å². The van der Waals surface area contributed by atoms with Gasteiger partial charge in [-0.2, -0.15) is 5.10 Å². The number of hydrogen-bond acceptors (Lipinski definition) is 4. The maximum absolute atomic E-state index is 12.3. The first-order valence-corrected chi connectivity index (χ1v) is 8.64. The van der Waals surface area contributed by atoms with Crippen LogP contribution < -0.4 is 5.32 Å². The Kier molecular flexibility index (Phi) is 5.01. The van der Waals surface area contributed by atoms with E-state index in [1.54, 1.807) is 25.1 Å². The maximum atomic E-state index is 12.3. The molecule has 6 nitrogen and oxygen atoms in total. The predicted molar refractivity (Wildman–Crippen MR) is 95.1 cm³/mol. The van der Waals surface area contributed by atoms with Crippen molar-refractivity contribution in [2.45, 2.75) is 32.7 Å². The van der Waals surface area contributed by atoms with Crippen LogP contribution in [0.3, 0.4) is 0 Å². The van der Waals surface area contributed by atoms with E-state index in [2.05, 4.69) is 10.4 Å². The second-order valence-electron chi connectivity index (χ2n) is 5.75. The lowest BCUT2D eigenvalue weighted by atomic mass is 9.85. The highest BCUT2D eigenvalue weighted by molar-refractivity contribution is 6.36. The molecule has 0 saturated heterocycles. The normalized spacial score (nSPS) is 16.3. The van der Waals surface area contributed by atoms with Gasteiger partial charge in [0.25, 0.3) is 0 Å². The highest BCUT2D eigenvalue weighted by Crippen LogP contribution is 2.44. The fraction of sp³-hybridized carbons (Fsp3) is 0.353. The van der Waals surface area contributed by atoms with Crippen LogP contribution in [-0.4, -0.2) is 28.3 Å². The van der Waals surface area contributed by atoms with Gasteiger partial charge in [-0.05, 0) is 31.5 Å². The van der Waals surface area contributed by atoms with Crippen molar-refractivity contribution in [3.05, 3.63) is 45.1 Å². The fourth-order valence-electron chi connectivity index (χ4n) is 3.15. The van der Waals surface area contributed by atoms with E-state index < -0.39 is 5.97 Å². The number of carbonyl (C=O) groups excluding carboxylic acids is 2. The Morgan fingerprint density at radius 1 is 1.36 bits per heavy atom. The molecule has 0 aliphatic carbocycles. The van der Waals surface area contributed by atoms with E-state index in [1.807, 2.05) is 6.92 Å². The minimum absolute atomic E-state index is 0.0761. The second kappa shape index (κ2) is 7.06. The van der Waals surface area contributed by atoms with Crippen LogP contribution >= 0.6 is 23.2 Å². The quantitative estimate of drug-likeness (QED) is 0.821. The summed E-state index contributed by atoms with van der Waals surface area (Å²) in [6, 6.07) is 5.25. The van der Waals surface area contributed by atoms with Gasteiger partial charge in [0.15, 0.2) is 0 Å². The molecule has 0 fully saturated rings. The van der Waals surface area contributed by atoms with Crippen molar-refractivity contribution < 1.29 is 14.3 Å². The van der Waals surface area contributed by atoms with Crippen LogP contribution in [0.5, 0.6) is 0 Å². The third-order valence-electron chi connectivity index (χ3n) is 4.10. The standard InChI is InChI=1S/C17H17Cl2N3O3/c1-3-25-14(24)8-22-17-15(9(2)21-22)10(7-13(23)20-17)16-11(18)5-4-6-12(16)19/h4-6,10H,3,7-8H2,1-2H3,(H,20,23)/t10-/m1/s1. The number of anilines is 1. The number of nitrogens with zero attached hydrogens (tertiary/aromatic N) is 2. The first-order chi connectivity index (χ1) is 11.9. The van der Waals surface area contributed by atoms with Crippen molar-refractivity contribution in [2.24, 2.45) is 0 Å². The monoisotopic (exact) mass is 381 g/mol. The molecule has 8 heteroatoms. The van der Waals surface area contributed by atoms with Gasteiger partial charge in [-0.15, -0.1) is 0 Å².